The minimum Gasteiger partial charge on any atom is -0.320 e. The molecule has 3 aromatic rings. The fourth-order valence-corrected chi connectivity index (χ4v) is 3.00. The Labute approximate surface area is 129 Å². The highest BCUT2D eigenvalue weighted by Crippen LogP contribution is 2.29. The maximum absolute atomic E-state index is 13.5. The molecule has 3 rings (SSSR count). The second-order valence-corrected chi connectivity index (χ2v) is 6.39. The van der Waals surface area contributed by atoms with E-state index in [1.54, 1.807) is 23.6 Å². The quantitative estimate of drug-likeness (QED) is 0.655. The number of rotatable bonds is 3. The molecule has 104 valence electrons. The molecule has 0 saturated heterocycles. The SMILES string of the molecule is CC(Cl)c1nc2cc(F)c(Cl)cc2n1Cc1nccs1. The third-order valence-electron chi connectivity index (χ3n) is 2.95. The standard InChI is InChI=1S/C13H10Cl2FN3S/c1-7(14)13-18-10-5-9(16)8(15)4-11(10)19(13)6-12-17-2-3-20-12/h2-5,7H,6H2,1H3. The molecule has 0 aliphatic carbocycles. The third kappa shape index (κ3) is 2.41. The molecule has 3 nitrogen and oxygen atoms in total. The van der Waals surface area contributed by atoms with E-state index in [1.807, 2.05) is 16.9 Å². The summed E-state index contributed by atoms with van der Waals surface area (Å²) in [4.78, 5) is 8.66. The predicted molar refractivity (Wildman–Crippen MR) is 80.2 cm³/mol. The van der Waals surface area contributed by atoms with E-state index >= 15 is 0 Å². The lowest BCUT2D eigenvalue weighted by atomic mass is 10.3. The van der Waals surface area contributed by atoms with Crippen LogP contribution in [-0.4, -0.2) is 14.5 Å². The number of aromatic nitrogens is 3. The summed E-state index contributed by atoms with van der Waals surface area (Å²) in [6.45, 7) is 2.38. The number of nitrogens with zero attached hydrogens (tertiary/aromatic N) is 3. The van der Waals surface area contributed by atoms with Crippen molar-refractivity contribution in [1.29, 1.82) is 0 Å². The summed E-state index contributed by atoms with van der Waals surface area (Å²) in [5.41, 5.74) is 1.31. The topological polar surface area (TPSA) is 30.7 Å². The van der Waals surface area contributed by atoms with Crippen LogP contribution in [0.2, 0.25) is 5.02 Å². The monoisotopic (exact) mass is 329 g/mol. The molecular formula is C13H10Cl2FN3S. The largest absolute Gasteiger partial charge is 0.320 e. The minimum absolute atomic E-state index is 0.0755. The summed E-state index contributed by atoms with van der Waals surface area (Å²) in [5, 5.41) is 2.63. The Morgan fingerprint density at radius 3 is 2.90 bits per heavy atom. The molecule has 1 unspecified atom stereocenters. The first-order valence-electron chi connectivity index (χ1n) is 5.94. The highest BCUT2D eigenvalue weighted by atomic mass is 35.5. The maximum Gasteiger partial charge on any atom is 0.144 e. The second kappa shape index (κ2) is 5.31. The first-order valence-corrected chi connectivity index (χ1v) is 7.63. The first-order chi connectivity index (χ1) is 9.56. The van der Waals surface area contributed by atoms with Crippen LogP contribution >= 0.6 is 34.5 Å². The van der Waals surface area contributed by atoms with Crippen LogP contribution in [0.4, 0.5) is 4.39 Å². The lowest BCUT2D eigenvalue weighted by molar-refractivity contribution is 0.629. The van der Waals surface area contributed by atoms with Gasteiger partial charge in [0.05, 0.1) is 28.0 Å². The summed E-state index contributed by atoms with van der Waals surface area (Å²) < 4.78 is 15.5. The molecule has 0 amide bonds. The van der Waals surface area contributed by atoms with Crippen molar-refractivity contribution in [2.24, 2.45) is 0 Å². The number of halogens is 3. The highest BCUT2D eigenvalue weighted by Gasteiger charge is 2.17. The molecule has 2 heterocycles. The Balaban J connectivity index is 2.20. The van der Waals surface area contributed by atoms with Gasteiger partial charge in [0.1, 0.15) is 16.6 Å². The van der Waals surface area contributed by atoms with Crippen LogP contribution in [0.3, 0.4) is 0 Å². The van der Waals surface area contributed by atoms with Gasteiger partial charge in [-0.1, -0.05) is 11.6 Å². The molecule has 0 aliphatic rings. The van der Waals surface area contributed by atoms with E-state index in [-0.39, 0.29) is 10.4 Å². The van der Waals surface area contributed by atoms with Gasteiger partial charge in [0.25, 0.3) is 0 Å². The van der Waals surface area contributed by atoms with Crippen LogP contribution < -0.4 is 0 Å². The normalized spacial score (nSPS) is 13.0. The van der Waals surface area contributed by atoms with Crippen LogP contribution in [0.1, 0.15) is 23.1 Å². The van der Waals surface area contributed by atoms with Crippen LogP contribution in [0.25, 0.3) is 11.0 Å². The van der Waals surface area contributed by atoms with Gasteiger partial charge in [0.2, 0.25) is 0 Å². The Hall–Kier alpha value is -1.17. The smallest absolute Gasteiger partial charge is 0.144 e. The van der Waals surface area contributed by atoms with Crippen LogP contribution in [0.5, 0.6) is 0 Å². The number of hydrogen-bond donors (Lipinski definition) is 0. The molecule has 0 aliphatic heterocycles. The highest BCUT2D eigenvalue weighted by molar-refractivity contribution is 7.09. The van der Waals surface area contributed by atoms with Gasteiger partial charge in [0, 0.05) is 17.6 Å². The van der Waals surface area contributed by atoms with Gasteiger partial charge in [-0.2, -0.15) is 0 Å². The van der Waals surface area contributed by atoms with Crippen LogP contribution in [0.15, 0.2) is 23.7 Å². The fourth-order valence-electron chi connectivity index (χ4n) is 2.07. The van der Waals surface area contributed by atoms with Crippen molar-refractivity contribution >= 4 is 45.6 Å². The number of imidazole rings is 1. The van der Waals surface area contributed by atoms with E-state index < -0.39 is 5.82 Å². The molecule has 2 aromatic heterocycles. The van der Waals surface area contributed by atoms with Gasteiger partial charge in [-0.25, -0.2) is 14.4 Å². The minimum atomic E-state index is -0.480. The van der Waals surface area contributed by atoms with Gasteiger partial charge in [-0.3, -0.25) is 0 Å². The molecule has 0 fully saturated rings. The van der Waals surface area contributed by atoms with Gasteiger partial charge >= 0.3 is 0 Å². The van der Waals surface area contributed by atoms with Gasteiger partial charge in [0.15, 0.2) is 0 Å². The zero-order valence-corrected chi connectivity index (χ0v) is 12.8. The summed E-state index contributed by atoms with van der Waals surface area (Å²) in [5.74, 6) is 0.199. The van der Waals surface area contributed by atoms with Gasteiger partial charge < -0.3 is 4.57 Å². The number of benzene rings is 1. The second-order valence-electron chi connectivity index (χ2n) is 4.35. The zero-order valence-electron chi connectivity index (χ0n) is 10.5. The molecule has 1 atom stereocenters. The number of hydrogen-bond acceptors (Lipinski definition) is 3. The van der Waals surface area contributed by atoms with E-state index in [4.69, 9.17) is 23.2 Å². The fraction of sp³-hybridized carbons (Fsp3) is 0.231. The van der Waals surface area contributed by atoms with E-state index in [1.165, 1.54) is 6.07 Å². The van der Waals surface area contributed by atoms with Gasteiger partial charge in [-0.05, 0) is 13.0 Å². The average Bonchev–Trinajstić information content (AvgIpc) is 3.00. The van der Waals surface area contributed by atoms with Gasteiger partial charge in [-0.15, -0.1) is 22.9 Å². The predicted octanol–water partition coefficient (Wildman–Crippen LogP) is 4.63. The molecule has 1 aromatic carbocycles. The van der Waals surface area contributed by atoms with Crippen molar-refractivity contribution in [3.63, 3.8) is 0 Å². The first kappa shape index (κ1) is 13.8. The summed E-state index contributed by atoms with van der Waals surface area (Å²) in [6, 6.07) is 2.91. The van der Waals surface area contributed by atoms with Crippen molar-refractivity contribution in [2.45, 2.75) is 18.8 Å². The van der Waals surface area contributed by atoms with Crippen molar-refractivity contribution in [3.8, 4) is 0 Å². The molecule has 0 radical (unpaired) electrons. The molecule has 0 saturated carbocycles. The van der Waals surface area contributed by atoms with Crippen molar-refractivity contribution in [2.75, 3.05) is 0 Å². The Morgan fingerprint density at radius 1 is 1.45 bits per heavy atom. The molecule has 0 bridgehead atoms. The number of fused-ring (bicyclic) bond motifs is 1. The summed E-state index contributed by atoms with van der Waals surface area (Å²) in [6.07, 6.45) is 1.75. The lowest BCUT2D eigenvalue weighted by Crippen LogP contribution is -2.05. The summed E-state index contributed by atoms with van der Waals surface area (Å²) in [7, 11) is 0. The van der Waals surface area contributed by atoms with E-state index in [0.717, 1.165) is 10.5 Å². The molecule has 7 heteroatoms. The lowest BCUT2D eigenvalue weighted by Gasteiger charge is -2.08. The molecule has 0 spiro atoms. The molecule has 20 heavy (non-hydrogen) atoms. The maximum atomic E-state index is 13.5. The van der Waals surface area contributed by atoms with Crippen molar-refractivity contribution < 1.29 is 4.39 Å². The molecular weight excluding hydrogens is 320 g/mol. The van der Waals surface area contributed by atoms with Crippen molar-refractivity contribution in [3.05, 3.63) is 45.4 Å². The Kier molecular flexibility index (Phi) is 3.67. The molecule has 0 N–H and O–H groups in total. The number of alkyl halides is 1. The van der Waals surface area contributed by atoms with E-state index in [9.17, 15) is 4.39 Å². The number of thiazole rings is 1. The Bertz CT molecular complexity index is 753. The van der Waals surface area contributed by atoms with E-state index in [2.05, 4.69) is 9.97 Å². The Morgan fingerprint density at radius 2 is 2.25 bits per heavy atom. The van der Waals surface area contributed by atoms with E-state index in [0.29, 0.717) is 17.9 Å². The van der Waals surface area contributed by atoms with Crippen molar-refractivity contribution in [1.82, 2.24) is 14.5 Å². The zero-order chi connectivity index (χ0) is 14.3. The average molecular weight is 330 g/mol. The van der Waals surface area contributed by atoms with Crippen LogP contribution in [0, 0.1) is 5.82 Å². The summed E-state index contributed by atoms with van der Waals surface area (Å²) >= 11 is 13.6. The van der Waals surface area contributed by atoms with Crippen LogP contribution in [-0.2, 0) is 6.54 Å². The third-order valence-corrected chi connectivity index (χ3v) is 4.20.